The van der Waals surface area contributed by atoms with Gasteiger partial charge in [0.15, 0.2) is 11.5 Å². The number of fused-ring (bicyclic) bond motifs is 3. The molecule has 2 heterocycles. The summed E-state index contributed by atoms with van der Waals surface area (Å²) in [7, 11) is 1.63. The lowest BCUT2D eigenvalue weighted by molar-refractivity contribution is 0.148. The summed E-state index contributed by atoms with van der Waals surface area (Å²) in [5, 5.41) is 4.60. The number of pyridine rings is 1. The lowest BCUT2D eigenvalue weighted by atomic mass is 10.0. The van der Waals surface area contributed by atoms with E-state index in [4.69, 9.17) is 14.5 Å². The van der Waals surface area contributed by atoms with E-state index in [9.17, 15) is 4.39 Å². The smallest absolute Gasteiger partial charge is 0.163 e. The number of hydrogen-bond acceptors (Lipinski definition) is 5. The molecule has 1 aliphatic heterocycles. The number of halogens is 1. The van der Waals surface area contributed by atoms with Gasteiger partial charge in [0.2, 0.25) is 0 Å². The number of likely N-dealkylation sites (tertiary alicyclic amines) is 1. The number of ether oxygens (including phenoxy) is 2. The Bertz CT molecular complexity index is 865. The molecular weight excluding hydrogens is 369 g/mol. The number of benzene rings is 1. The maximum atomic E-state index is 14.4. The molecule has 1 unspecified atom stereocenters. The molecule has 1 fully saturated rings. The summed E-state index contributed by atoms with van der Waals surface area (Å²) in [6, 6.07) is 4.23. The number of nitrogens with zero attached hydrogens (tertiary/aromatic N) is 2. The van der Waals surface area contributed by atoms with E-state index in [0.29, 0.717) is 24.1 Å². The fourth-order valence-corrected chi connectivity index (χ4v) is 4.52. The summed E-state index contributed by atoms with van der Waals surface area (Å²) in [6.45, 7) is 6.68. The summed E-state index contributed by atoms with van der Waals surface area (Å²) in [5.74, 6) is 2.17. The van der Waals surface area contributed by atoms with Gasteiger partial charge in [0.1, 0.15) is 18.6 Å². The summed E-state index contributed by atoms with van der Waals surface area (Å²) in [4.78, 5) is 7.05. The molecule has 4 rings (SSSR count). The van der Waals surface area contributed by atoms with E-state index in [2.05, 4.69) is 24.1 Å². The zero-order chi connectivity index (χ0) is 20.4. The number of aromatic nitrogens is 1. The van der Waals surface area contributed by atoms with E-state index in [1.807, 2.05) is 12.1 Å². The molecule has 6 heteroatoms. The second-order valence-electron chi connectivity index (χ2n) is 8.51. The van der Waals surface area contributed by atoms with Crippen LogP contribution in [0.5, 0.6) is 11.5 Å². The molecule has 0 spiro atoms. The van der Waals surface area contributed by atoms with Crippen LogP contribution in [0.3, 0.4) is 0 Å². The highest BCUT2D eigenvalue weighted by Crippen LogP contribution is 2.39. The fraction of sp³-hybridized carbons (Fsp3) is 0.609. The molecule has 1 aromatic carbocycles. The van der Waals surface area contributed by atoms with Crippen molar-refractivity contribution in [1.29, 1.82) is 0 Å². The Morgan fingerprint density at radius 1 is 1.10 bits per heavy atom. The van der Waals surface area contributed by atoms with Gasteiger partial charge in [-0.15, -0.1) is 0 Å². The highest BCUT2D eigenvalue weighted by atomic mass is 19.1. The van der Waals surface area contributed by atoms with Gasteiger partial charge in [0, 0.05) is 24.0 Å². The second-order valence-corrected chi connectivity index (χ2v) is 8.51. The van der Waals surface area contributed by atoms with E-state index < -0.39 is 6.17 Å². The van der Waals surface area contributed by atoms with Gasteiger partial charge < -0.3 is 19.7 Å². The van der Waals surface area contributed by atoms with Gasteiger partial charge in [0.05, 0.1) is 12.6 Å². The van der Waals surface area contributed by atoms with Crippen molar-refractivity contribution in [3.63, 3.8) is 0 Å². The second kappa shape index (κ2) is 8.74. The quantitative estimate of drug-likeness (QED) is 0.712. The van der Waals surface area contributed by atoms with Crippen LogP contribution in [0.4, 0.5) is 10.2 Å². The van der Waals surface area contributed by atoms with Gasteiger partial charge in [0.25, 0.3) is 0 Å². The Morgan fingerprint density at radius 2 is 1.86 bits per heavy atom. The number of alkyl halides is 1. The summed E-state index contributed by atoms with van der Waals surface area (Å²) in [6.07, 6.45) is 4.55. The fourth-order valence-electron chi connectivity index (χ4n) is 4.52. The zero-order valence-corrected chi connectivity index (χ0v) is 17.8. The minimum absolute atomic E-state index is 0.0282. The number of anilines is 1. The van der Waals surface area contributed by atoms with E-state index in [-0.39, 0.29) is 6.61 Å². The number of rotatable bonds is 8. The summed E-state index contributed by atoms with van der Waals surface area (Å²) >= 11 is 0. The highest BCUT2D eigenvalue weighted by Gasteiger charge is 2.23. The van der Waals surface area contributed by atoms with E-state index >= 15 is 0 Å². The van der Waals surface area contributed by atoms with Crippen molar-refractivity contribution in [3.8, 4) is 11.5 Å². The third-order valence-corrected chi connectivity index (χ3v) is 5.84. The lowest BCUT2D eigenvalue weighted by Gasteiger charge is -2.20. The predicted octanol–water partition coefficient (Wildman–Crippen LogP) is 4.37. The Kier molecular flexibility index (Phi) is 6.09. The van der Waals surface area contributed by atoms with Gasteiger partial charge >= 0.3 is 0 Å². The highest BCUT2D eigenvalue weighted by molar-refractivity contribution is 5.89. The van der Waals surface area contributed by atoms with Gasteiger partial charge in [-0.3, -0.25) is 0 Å². The molecule has 158 valence electrons. The van der Waals surface area contributed by atoms with E-state index in [1.54, 1.807) is 7.11 Å². The van der Waals surface area contributed by atoms with Crippen molar-refractivity contribution in [1.82, 2.24) is 9.88 Å². The normalized spacial score (nSPS) is 17.7. The van der Waals surface area contributed by atoms with Crippen LogP contribution in [-0.2, 0) is 12.8 Å². The molecule has 29 heavy (non-hydrogen) atoms. The number of aryl methyl sites for hydroxylation is 1. The van der Waals surface area contributed by atoms with Gasteiger partial charge in [-0.25, -0.2) is 9.37 Å². The Morgan fingerprint density at radius 3 is 2.59 bits per heavy atom. The average molecular weight is 402 g/mol. The SMILES string of the molecule is COc1cc2c3c(c(NC(C)C)nc2cc1OCC(F)CN1CCCC1)CCC3. The molecule has 1 atom stereocenters. The van der Waals surface area contributed by atoms with Crippen molar-refractivity contribution in [3.05, 3.63) is 23.3 Å². The van der Waals surface area contributed by atoms with Crippen molar-refractivity contribution < 1.29 is 13.9 Å². The van der Waals surface area contributed by atoms with Crippen LogP contribution in [0.25, 0.3) is 10.9 Å². The predicted molar refractivity (Wildman–Crippen MR) is 115 cm³/mol. The molecule has 0 saturated carbocycles. The topological polar surface area (TPSA) is 46.6 Å². The van der Waals surface area contributed by atoms with Crippen LogP contribution in [-0.4, -0.2) is 55.4 Å². The molecule has 1 saturated heterocycles. The molecule has 2 aromatic rings. The minimum atomic E-state index is -1.01. The van der Waals surface area contributed by atoms with E-state index in [0.717, 1.165) is 61.9 Å². The molecule has 2 aliphatic rings. The maximum absolute atomic E-state index is 14.4. The largest absolute Gasteiger partial charge is 0.493 e. The van der Waals surface area contributed by atoms with E-state index in [1.165, 1.54) is 11.1 Å². The number of methoxy groups -OCH3 is 1. The number of nitrogens with one attached hydrogen (secondary N) is 1. The lowest BCUT2D eigenvalue weighted by Crippen LogP contribution is -2.31. The molecule has 1 aliphatic carbocycles. The van der Waals surface area contributed by atoms with Crippen LogP contribution in [0.1, 0.15) is 44.2 Å². The standard InChI is InChI=1S/C23H32FN3O2/c1-15(2)25-23-18-8-6-7-17(18)19-11-21(28-3)22(12-20(19)26-23)29-14-16(24)13-27-9-4-5-10-27/h11-12,15-16H,4-10,13-14H2,1-3H3,(H,25,26). The zero-order valence-electron chi connectivity index (χ0n) is 17.8. The molecule has 0 amide bonds. The molecule has 1 aromatic heterocycles. The first-order chi connectivity index (χ1) is 14.0. The summed E-state index contributed by atoms with van der Waals surface area (Å²) in [5.41, 5.74) is 3.54. The first kappa shape index (κ1) is 20.2. The van der Waals surface area contributed by atoms with Gasteiger partial charge in [-0.1, -0.05) is 0 Å². The van der Waals surface area contributed by atoms with Crippen molar-refractivity contribution in [2.45, 2.75) is 58.2 Å². The molecule has 1 N–H and O–H groups in total. The van der Waals surface area contributed by atoms with Crippen LogP contribution in [0, 0.1) is 0 Å². The minimum Gasteiger partial charge on any atom is -0.493 e. The monoisotopic (exact) mass is 401 g/mol. The van der Waals surface area contributed by atoms with Crippen molar-refractivity contribution >= 4 is 16.7 Å². The average Bonchev–Trinajstić information content (AvgIpc) is 3.37. The van der Waals surface area contributed by atoms with Crippen LogP contribution in [0.2, 0.25) is 0 Å². The molecular formula is C23H32FN3O2. The van der Waals surface area contributed by atoms with Crippen LogP contribution >= 0.6 is 0 Å². The van der Waals surface area contributed by atoms with Gasteiger partial charge in [-0.05, 0) is 76.2 Å². The molecule has 0 radical (unpaired) electrons. The Balaban J connectivity index is 1.59. The maximum Gasteiger partial charge on any atom is 0.163 e. The first-order valence-corrected chi connectivity index (χ1v) is 10.8. The van der Waals surface area contributed by atoms with Crippen molar-refractivity contribution in [2.24, 2.45) is 0 Å². The van der Waals surface area contributed by atoms with Crippen molar-refractivity contribution in [2.75, 3.05) is 38.7 Å². The van der Waals surface area contributed by atoms with Crippen LogP contribution < -0.4 is 14.8 Å². The summed E-state index contributed by atoms with van der Waals surface area (Å²) < 4.78 is 25.9. The third kappa shape index (κ3) is 4.42. The Hall–Kier alpha value is -2.08. The Labute approximate surface area is 172 Å². The first-order valence-electron chi connectivity index (χ1n) is 10.8. The molecule has 5 nitrogen and oxygen atoms in total. The van der Waals surface area contributed by atoms with Gasteiger partial charge in [-0.2, -0.15) is 0 Å². The number of hydrogen-bond donors (Lipinski definition) is 1. The third-order valence-electron chi connectivity index (χ3n) is 5.84. The van der Waals surface area contributed by atoms with Crippen LogP contribution in [0.15, 0.2) is 12.1 Å². The molecule has 0 bridgehead atoms.